The molecule has 8 aromatic carbocycles. The number of nitrogens with zero attached hydrogens (tertiary/aromatic N) is 4. The standard InChI is InChI=1S/C57H40N4/c1-56(2)49-19-7-5-13-45(49)47-17-9-15-43(54(47)56)36-22-24-42-38(29-36)30-39(44-16-10-18-48-46-14-6-8-20-50(46)57(3,4)55(44)48)32-53(42)61(52-26-21-35(33-58)28-40(52)34-59)41-23-25-51-37(31-41)12-11-27-60-51/h5-32H,1-4H3. The fourth-order valence-corrected chi connectivity index (χ4v) is 10.5. The minimum atomic E-state index is -0.239. The van der Waals surface area contributed by atoms with Crippen LogP contribution >= 0.6 is 0 Å². The van der Waals surface area contributed by atoms with Crippen LogP contribution in [0.5, 0.6) is 0 Å². The molecule has 9 aromatic rings. The van der Waals surface area contributed by atoms with Crippen molar-refractivity contribution in [1.29, 1.82) is 10.5 Å². The fraction of sp³-hybridized carbons (Fsp3) is 0.105. The first-order valence-corrected chi connectivity index (χ1v) is 20.8. The molecule has 2 aliphatic rings. The van der Waals surface area contributed by atoms with Gasteiger partial charge in [-0.1, -0.05) is 131 Å². The highest BCUT2D eigenvalue weighted by Crippen LogP contribution is 2.55. The van der Waals surface area contributed by atoms with Gasteiger partial charge in [-0.05, 0) is 133 Å². The zero-order chi connectivity index (χ0) is 41.6. The van der Waals surface area contributed by atoms with Crippen molar-refractivity contribution < 1.29 is 0 Å². The second-order valence-corrected chi connectivity index (χ2v) is 17.4. The smallest absolute Gasteiger partial charge is 0.101 e. The van der Waals surface area contributed by atoms with Gasteiger partial charge in [0.05, 0.1) is 34.1 Å². The van der Waals surface area contributed by atoms with E-state index in [0.29, 0.717) is 16.8 Å². The summed E-state index contributed by atoms with van der Waals surface area (Å²) >= 11 is 0. The molecule has 61 heavy (non-hydrogen) atoms. The maximum Gasteiger partial charge on any atom is 0.101 e. The van der Waals surface area contributed by atoms with E-state index in [1.165, 1.54) is 55.6 Å². The molecule has 1 heterocycles. The SMILES string of the molecule is CC1(C)c2ccccc2-c2cccc(-c3ccc4c(N(c5ccc6ncccc6c5)c5ccc(C#N)cc5C#N)cc(-c5cccc6c5C(C)(C)c5ccccc5-6)cc4c3)c21. The molecule has 0 amide bonds. The third-order valence-electron chi connectivity index (χ3n) is 13.3. The quantitative estimate of drug-likeness (QED) is 0.174. The Morgan fingerprint density at radius 1 is 0.475 bits per heavy atom. The van der Waals surface area contributed by atoms with Crippen LogP contribution in [0.3, 0.4) is 0 Å². The molecule has 0 bridgehead atoms. The Morgan fingerprint density at radius 2 is 1.10 bits per heavy atom. The van der Waals surface area contributed by atoms with Crippen molar-refractivity contribution in [2.45, 2.75) is 38.5 Å². The van der Waals surface area contributed by atoms with Gasteiger partial charge in [-0.15, -0.1) is 0 Å². The molecule has 2 aliphatic carbocycles. The van der Waals surface area contributed by atoms with Crippen molar-refractivity contribution >= 4 is 38.7 Å². The average molecular weight is 781 g/mol. The largest absolute Gasteiger partial charge is 0.308 e. The van der Waals surface area contributed by atoms with Crippen LogP contribution < -0.4 is 4.90 Å². The molecule has 0 radical (unpaired) electrons. The van der Waals surface area contributed by atoms with Crippen LogP contribution in [-0.4, -0.2) is 4.98 Å². The second-order valence-electron chi connectivity index (χ2n) is 17.4. The summed E-state index contributed by atoms with van der Waals surface area (Å²) < 4.78 is 0. The number of hydrogen-bond acceptors (Lipinski definition) is 4. The summed E-state index contributed by atoms with van der Waals surface area (Å²) in [6, 6.07) is 62.9. The third-order valence-corrected chi connectivity index (χ3v) is 13.3. The molecular weight excluding hydrogens is 741 g/mol. The molecule has 0 unspecified atom stereocenters. The molecule has 0 spiro atoms. The normalized spacial score (nSPS) is 13.8. The maximum absolute atomic E-state index is 10.7. The van der Waals surface area contributed by atoms with Gasteiger partial charge in [0, 0.05) is 33.5 Å². The predicted molar refractivity (Wildman–Crippen MR) is 249 cm³/mol. The van der Waals surface area contributed by atoms with Crippen molar-refractivity contribution in [3.63, 3.8) is 0 Å². The van der Waals surface area contributed by atoms with Crippen molar-refractivity contribution in [3.05, 3.63) is 203 Å². The Labute approximate surface area is 356 Å². The Balaban J connectivity index is 1.22. The molecule has 1 aromatic heterocycles. The Morgan fingerprint density at radius 3 is 1.77 bits per heavy atom. The van der Waals surface area contributed by atoms with E-state index in [4.69, 9.17) is 0 Å². The van der Waals surface area contributed by atoms with E-state index in [9.17, 15) is 10.5 Å². The van der Waals surface area contributed by atoms with Gasteiger partial charge in [-0.2, -0.15) is 10.5 Å². The van der Waals surface area contributed by atoms with Crippen LogP contribution in [0.2, 0.25) is 0 Å². The van der Waals surface area contributed by atoms with E-state index in [0.717, 1.165) is 44.2 Å². The third kappa shape index (κ3) is 5.39. The van der Waals surface area contributed by atoms with Gasteiger partial charge in [0.1, 0.15) is 6.07 Å². The Hall–Kier alpha value is -7.79. The molecule has 0 N–H and O–H groups in total. The number of rotatable bonds is 5. The monoisotopic (exact) mass is 780 g/mol. The lowest BCUT2D eigenvalue weighted by Crippen LogP contribution is -2.16. The summed E-state index contributed by atoms with van der Waals surface area (Å²) in [5.41, 5.74) is 18.9. The average Bonchev–Trinajstić information content (AvgIpc) is 3.68. The van der Waals surface area contributed by atoms with Gasteiger partial charge in [0.15, 0.2) is 0 Å². The van der Waals surface area contributed by atoms with Crippen molar-refractivity contribution in [2.75, 3.05) is 4.90 Å². The van der Waals surface area contributed by atoms with Crippen molar-refractivity contribution in [2.24, 2.45) is 0 Å². The van der Waals surface area contributed by atoms with Gasteiger partial charge in [-0.3, -0.25) is 4.98 Å². The van der Waals surface area contributed by atoms with E-state index < -0.39 is 0 Å². The maximum atomic E-state index is 10.7. The van der Waals surface area contributed by atoms with Gasteiger partial charge in [0.25, 0.3) is 0 Å². The Kier molecular flexibility index (Phi) is 7.95. The number of anilines is 3. The zero-order valence-corrected chi connectivity index (χ0v) is 34.5. The summed E-state index contributed by atoms with van der Waals surface area (Å²) in [5.74, 6) is 0. The summed E-state index contributed by atoms with van der Waals surface area (Å²) in [6.45, 7) is 9.36. The molecule has 0 saturated heterocycles. The van der Waals surface area contributed by atoms with Crippen LogP contribution in [0, 0.1) is 22.7 Å². The van der Waals surface area contributed by atoms with E-state index in [-0.39, 0.29) is 10.8 Å². The highest BCUT2D eigenvalue weighted by molar-refractivity contribution is 6.06. The molecule has 0 aliphatic heterocycles. The molecule has 0 atom stereocenters. The first-order chi connectivity index (χ1) is 29.7. The van der Waals surface area contributed by atoms with E-state index in [2.05, 4.69) is 183 Å². The van der Waals surface area contributed by atoms with Crippen LogP contribution in [0.1, 0.15) is 61.1 Å². The van der Waals surface area contributed by atoms with Gasteiger partial charge < -0.3 is 4.90 Å². The van der Waals surface area contributed by atoms with Gasteiger partial charge >= 0.3 is 0 Å². The van der Waals surface area contributed by atoms with E-state index in [1.807, 2.05) is 24.4 Å². The number of aromatic nitrogens is 1. The minimum Gasteiger partial charge on any atom is -0.308 e. The van der Waals surface area contributed by atoms with Crippen LogP contribution in [-0.2, 0) is 10.8 Å². The molecule has 4 nitrogen and oxygen atoms in total. The molecular formula is C57H40N4. The lowest BCUT2D eigenvalue weighted by atomic mass is 9.78. The molecule has 11 rings (SSSR count). The summed E-state index contributed by atoms with van der Waals surface area (Å²) in [5, 5.41) is 23.7. The lowest BCUT2D eigenvalue weighted by molar-refractivity contribution is 0.662. The number of benzene rings is 8. The molecule has 0 saturated carbocycles. The highest BCUT2D eigenvalue weighted by atomic mass is 15.1. The second kappa shape index (κ2) is 13.4. The molecule has 0 fully saturated rings. The molecule has 4 heteroatoms. The minimum absolute atomic E-state index is 0.180. The van der Waals surface area contributed by atoms with Crippen LogP contribution in [0.25, 0.3) is 66.2 Å². The summed E-state index contributed by atoms with van der Waals surface area (Å²) in [4.78, 5) is 6.83. The first-order valence-electron chi connectivity index (χ1n) is 20.8. The number of fused-ring (bicyclic) bond motifs is 8. The van der Waals surface area contributed by atoms with E-state index in [1.54, 1.807) is 12.1 Å². The fourth-order valence-electron chi connectivity index (χ4n) is 10.5. The zero-order valence-electron chi connectivity index (χ0n) is 34.5. The van der Waals surface area contributed by atoms with Crippen LogP contribution in [0.4, 0.5) is 17.1 Å². The van der Waals surface area contributed by atoms with Gasteiger partial charge in [0.2, 0.25) is 0 Å². The van der Waals surface area contributed by atoms with Crippen LogP contribution in [0.15, 0.2) is 170 Å². The van der Waals surface area contributed by atoms with Crippen molar-refractivity contribution in [1.82, 2.24) is 4.98 Å². The van der Waals surface area contributed by atoms with Gasteiger partial charge in [-0.25, -0.2) is 0 Å². The van der Waals surface area contributed by atoms with E-state index >= 15 is 0 Å². The first kappa shape index (κ1) is 36.3. The number of nitriles is 2. The lowest BCUT2D eigenvalue weighted by Gasteiger charge is -2.30. The molecule has 288 valence electrons. The number of hydrogen-bond donors (Lipinski definition) is 0. The topological polar surface area (TPSA) is 63.7 Å². The number of pyridine rings is 1. The predicted octanol–water partition coefficient (Wildman–Crippen LogP) is 14.5. The van der Waals surface area contributed by atoms with Crippen molar-refractivity contribution in [3.8, 4) is 56.6 Å². The summed E-state index contributed by atoms with van der Waals surface area (Å²) in [6.07, 6.45) is 1.81. The summed E-state index contributed by atoms with van der Waals surface area (Å²) in [7, 11) is 0. The Bertz CT molecular complexity index is 3410. The highest BCUT2D eigenvalue weighted by Gasteiger charge is 2.39.